The van der Waals surface area contributed by atoms with Crippen molar-refractivity contribution in [3.05, 3.63) is 93.7 Å². The third kappa shape index (κ3) is 7.02. The Morgan fingerprint density at radius 2 is 1.62 bits per heavy atom. The van der Waals surface area contributed by atoms with E-state index in [2.05, 4.69) is 10.6 Å². The van der Waals surface area contributed by atoms with E-state index >= 15 is 0 Å². The van der Waals surface area contributed by atoms with E-state index in [0.29, 0.717) is 10.4 Å². The Kier molecular flexibility index (Phi) is 8.23. The zero-order valence-corrected chi connectivity index (χ0v) is 20.8. The Balaban J connectivity index is 1.93. The average molecular weight is 478 g/mol. The highest BCUT2D eigenvalue weighted by molar-refractivity contribution is 7.12. The molecule has 0 aliphatic carbocycles. The van der Waals surface area contributed by atoms with Crippen LogP contribution in [0.3, 0.4) is 0 Å². The van der Waals surface area contributed by atoms with E-state index in [1.165, 1.54) is 16.2 Å². The molecule has 2 aromatic carbocycles. The molecule has 3 amide bonds. The van der Waals surface area contributed by atoms with Gasteiger partial charge in [-0.2, -0.15) is 0 Å². The number of carbonyl (C=O) groups excluding carboxylic acids is 3. The number of nitrogens with one attached hydrogen (secondary N) is 2. The Hall–Kier alpha value is -3.45. The molecule has 0 fully saturated rings. The lowest BCUT2D eigenvalue weighted by Crippen LogP contribution is -2.50. The summed E-state index contributed by atoms with van der Waals surface area (Å²) in [7, 11) is 0. The highest BCUT2D eigenvalue weighted by Gasteiger charge is 2.33. The zero-order chi connectivity index (χ0) is 24.7. The SMILES string of the molecule is Cc1ccc(CN(C(=O)CNC(=O)c2cccs2)[C@@H](C(=O)NC(C)(C)C)c2ccccc2)cc1. The molecular weight excluding hydrogens is 446 g/mol. The predicted molar refractivity (Wildman–Crippen MR) is 135 cm³/mol. The van der Waals surface area contributed by atoms with Crippen molar-refractivity contribution in [3.8, 4) is 0 Å². The van der Waals surface area contributed by atoms with Crippen LogP contribution in [0.2, 0.25) is 0 Å². The summed E-state index contributed by atoms with van der Waals surface area (Å²) in [6, 6.07) is 19.7. The van der Waals surface area contributed by atoms with Gasteiger partial charge >= 0.3 is 0 Å². The van der Waals surface area contributed by atoms with Gasteiger partial charge in [-0.3, -0.25) is 14.4 Å². The van der Waals surface area contributed by atoms with Crippen LogP contribution in [-0.2, 0) is 16.1 Å². The maximum atomic E-state index is 13.5. The summed E-state index contributed by atoms with van der Waals surface area (Å²) in [5, 5.41) is 7.53. The second-order valence-electron chi connectivity index (χ2n) is 9.22. The van der Waals surface area contributed by atoms with Gasteiger partial charge < -0.3 is 15.5 Å². The van der Waals surface area contributed by atoms with Gasteiger partial charge in [0.05, 0.1) is 11.4 Å². The fraction of sp³-hybridized carbons (Fsp3) is 0.296. The molecule has 3 rings (SSSR count). The number of amides is 3. The Labute approximate surface area is 205 Å². The largest absolute Gasteiger partial charge is 0.349 e. The van der Waals surface area contributed by atoms with Crippen molar-refractivity contribution in [1.29, 1.82) is 0 Å². The minimum Gasteiger partial charge on any atom is -0.349 e. The van der Waals surface area contributed by atoms with Crippen molar-refractivity contribution in [1.82, 2.24) is 15.5 Å². The van der Waals surface area contributed by atoms with E-state index in [9.17, 15) is 14.4 Å². The first kappa shape index (κ1) is 25.2. The summed E-state index contributed by atoms with van der Waals surface area (Å²) in [5.74, 6) is -0.929. The van der Waals surface area contributed by atoms with Crippen LogP contribution < -0.4 is 10.6 Å². The third-order valence-electron chi connectivity index (χ3n) is 5.11. The first-order valence-electron chi connectivity index (χ1n) is 11.2. The van der Waals surface area contributed by atoms with E-state index in [1.54, 1.807) is 12.1 Å². The lowest BCUT2D eigenvalue weighted by molar-refractivity contribution is -0.141. The first-order chi connectivity index (χ1) is 16.1. The van der Waals surface area contributed by atoms with E-state index in [1.807, 2.05) is 87.7 Å². The van der Waals surface area contributed by atoms with E-state index < -0.39 is 11.6 Å². The van der Waals surface area contributed by atoms with Gasteiger partial charge in [0, 0.05) is 12.1 Å². The molecule has 0 saturated carbocycles. The summed E-state index contributed by atoms with van der Waals surface area (Å²) >= 11 is 1.31. The van der Waals surface area contributed by atoms with Crippen LogP contribution in [0.25, 0.3) is 0 Å². The molecule has 6 nitrogen and oxygen atoms in total. The molecule has 0 spiro atoms. The molecule has 3 aromatic rings. The predicted octanol–water partition coefficient (Wildman–Crippen LogP) is 4.47. The molecule has 7 heteroatoms. The number of nitrogens with zero attached hydrogens (tertiary/aromatic N) is 1. The summed E-state index contributed by atoms with van der Waals surface area (Å²) in [4.78, 5) is 41.5. The van der Waals surface area contributed by atoms with Gasteiger partial charge in [-0.15, -0.1) is 11.3 Å². The van der Waals surface area contributed by atoms with Crippen molar-refractivity contribution >= 4 is 29.1 Å². The summed E-state index contributed by atoms with van der Waals surface area (Å²) in [5.41, 5.74) is 2.23. The highest BCUT2D eigenvalue weighted by atomic mass is 32.1. The van der Waals surface area contributed by atoms with Crippen molar-refractivity contribution in [2.24, 2.45) is 0 Å². The van der Waals surface area contributed by atoms with Crippen LogP contribution in [-0.4, -0.2) is 34.7 Å². The van der Waals surface area contributed by atoms with E-state index in [4.69, 9.17) is 0 Å². The smallest absolute Gasteiger partial charge is 0.261 e. The molecule has 0 aliphatic heterocycles. The highest BCUT2D eigenvalue weighted by Crippen LogP contribution is 2.25. The number of hydrogen-bond acceptors (Lipinski definition) is 4. The lowest BCUT2D eigenvalue weighted by Gasteiger charge is -2.34. The minimum atomic E-state index is -0.854. The van der Waals surface area contributed by atoms with Crippen LogP contribution in [0.15, 0.2) is 72.1 Å². The monoisotopic (exact) mass is 477 g/mol. The van der Waals surface area contributed by atoms with Gasteiger partial charge in [0.25, 0.3) is 5.91 Å². The molecule has 0 unspecified atom stereocenters. The van der Waals surface area contributed by atoms with Crippen LogP contribution >= 0.6 is 11.3 Å². The Morgan fingerprint density at radius 1 is 0.941 bits per heavy atom. The normalized spacial score (nSPS) is 12.0. The van der Waals surface area contributed by atoms with Gasteiger partial charge in [0.15, 0.2) is 0 Å². The fourth-order valence-corrected chi connectivity index (χ4v) is 4.15. The van der Waals surface area contributed by atoms with Crippen LogP contribution in [0, 0.1) is 6.92 Å². The summed E-state index contributed by atoms with van der Waals surface area (Å²) in [6.07, 6.45) is 0. The van der Waals surface area contributed by atoms with Gasteiger partial charge in [0.1, 0.15) is 6.04 Å². The number of rotatable bonds is 8. The first-order valence-corrected chi connectivity index (χ1v) is 12.1. The second kappa shape index (κ2) is 11.1. The van der Waals surface area contributed by atoms with Crippen molar-refractivity contribution < 1.29 is 14.4 Å². The van der Waals surface area contributed by atoms with Gasteiger partial charge in [-0.1, -0.05) is 66.2 Å². The maximum absolute atomic E-state index is 13.5. The van der Waals surface area contributed by atoms with Crippen LogP contribution in [0.5, 0.6) is 0 Å². The van der Waals surface area contributed by atoms with Crippen LogP contribution in [0.4, 0.5) is 0 Å². The quantitative estimate of drug-likeness (QED) is 0.502. The van der Waals surface area contributed by atoms with Gasteiger partial charge in [-0.05, 0) is 50.3 Å². The molecule has 0 bridgehead atoms. The number of aryl methyl sites for hydroxylation is 1. The molecule has 1 atom stereocenters. The third-order valence-corrected chi connectivity index (χ3v) is 5.98. The molecule has 2 N–H and O–H groups in total. The molecule has 0 saturated heterocycles. The molecule has 34 heavy (non-hydrogen) atoms. The summed E-state index contributed by atoms with van der Waals surface area (Å²) < 4.78 is 0. The maximum Gasteiger partial charge on any atom is 0.261 e. The fourth-order valence-electron chi connectivity index (χ4n) is 3.51. The minimum absolute atomic E-state index is 0.214. The van der Waals surface area contributed by atoms with Gasteiger partial charge in [0.2, 0.25) is 11.8 Å². The van der Waals surface area contributed by atoms with Crippen molar-refractivity contribution in [3.63, 3.8) is 0 Å². The number of carbonyl (C=O) groups is 3. The standard InChI is InChI=1S/C27H31N3O3S/c1-19-12-14-20(15-13-19)18-30(23(31)17-28-25(32)22-11-8-16-34-22)24(21-9-6-5-7-10-21)26(33)29-27(2,3)4/h5-16,24H,17-18H2,1-4H3,(H,28,32)(H,29,33)/t24-/m1/s1. The van der Waals surface area contributed by atoms with E-state index in [-0.39, 0.29) is 30.8 Å². The Morgan fingerprint density at radius 3 is 2.21 bits per heavy atom. The molecule has 178 valence electrons. The second-order valence-corrected chi connectivity index (χ2v) is 10.2. The zero-order valence-electron chi connectivity index (χ0n) is 20.0. The lowest BCUT2D eigenvalue weighted by atomic mass is 10.0. The number of benzene rings is 2. The Bertz CT molecular complexity index is 1100. The topological polar surface area (TPSA) is 78.5 Å². The number of hydrogen-bond donors (Lipinski definition) is 2. The van der Waals surface area contributed by atoms with Gasteiger partial charge in [-0.25, -0.2) is 0 Å². The van der Waals surface area contributed by atoms with Crippen molar-refractivity contribution in [2.75, 3.05) is 6.54 Å². The summed E-state index contributed by atoms with van der Waals surface area (Å²) in [6.45, 7) is 7.72. The molecule has 0 aliphatic rings. The number of thiophene rings is 1. The van der Waals surface area contributed by atoms with Crippen molar-refractivity contribution in [2.45, 2.75) is 45.8 Å². The molecule has 1 heterocycles. The molecule has 1 aromatic heterocycles. The van der Waals surface area contributed by atoms with E-state index in [0.717, 1.165) is 11.1 Å². The molecule has 0 radical (unpaired) electrons. The molecular formula is C27H31N3O3S. The average Bonchev–Trinajstić information content (AvgIpc) is 3.33. The van der Waals surface area contributed by atoms with Crippen LogP contribution in [0.1, 0.15) is 53.2 Å².